The number of methoxy groups -OCH3 is 1. The van der Waals surface area contributed by atoms with Gasteiger partial charge in [-0.1, -0.05) is 11.6 Å². The summed E-state index contributed by atoms with van der Waals surface area (Å²) < 4.78 is 16.1. The molecule has 0 radical (unpaired) electrons. The van der Waals surface area contributed by atoms with E-state index in [2.05, 4.69) is 0 Å². The van der Waals surface area contributed by atoms with Gasteiger partial charge in [-0.2, -0.15) is 0 Å². The minimum Gasteiger partial charge on any atom is -0.507 e. The van der Waals surface area contributed by atoms with Crippen molar-refractivity contribution in [3.05, 3.63) is 38.4 Å². The van der Waals surface area contributed by atoms with Crippen LogP contribution in [0.5, 0.6) is 28.7 Å². The lowest BCUT2D eigenvalue weighted by Crippen LogP contribution is -2.11. The van der Waals surface area contributed by atoms with E-state index in [1.54, 1.807) is 13.8 Å². The predicted octanol–water partition coefficient (Wildman–Crippen LogP) is 4.10. The highest BCUT2D eigenvalue weighted by atomic mass is 35.5. The number of esters is 2. The maximum atomic E-state index is 12.7. The Morgan fingerprint density at radius 2 is 1.44 bits per heavy atom. The van der Waals surface area contributed by atoms with Gasteiger partial charge in [-0.15, -0.1) is 0 Å². The van der Waals surface area contributed by atoms with Gasteiger partial charge in [0.05, 0.1) is 12.1 Å². The number of carbonyl (C=O) groups is 2. The maximum Gasteiger partial charge on any atom is 0.347 e. The third-order valence-corrected chi connectivity index (χ3v) is 5.14. The molecular formula is C19H17ClO7. The molecule has 1 heterocycles. The molecule has 8 heteroatoms. The van der Waals surface area contributed by atoms with Crippen LogP contribution in [0, 0.1) is 27.7 Å². The lowest BCUT2D eigenvalue weighted by atomic mass is 10.0. The summed E-state index contributed by atoms with van der Waals surface area (Å²) in [6, 6.07) is 0. The first-order valence-electron chi connectivity index (χ1n) is 7.97. The molecule has 0 spiro atoms. The second kappa shape index (κ2) is 6.35. The van der Waals surface area contributed by atoms with E-state index in [1.165, 1.54) is 21.0 Å². The zero-order valence-electron chi connectivity index (χ0n) is 15.3. The van der Waals surface area contributed by atoms with E-state index in [4.69, 9.17) is 25.8 Å². The van der Waals surface area contributed by atoms with Gasteiger partial charge in [0.25, 0.3) is 0 Å². The van der Waals surface area contributed by atoms with E-state index in [0.29, 0.717) is 5.56 Å². The lowest BCUT2D eigenvalue weighted by Gasteiger charge is -2.18. The molecule has 2 N–H and O–H groups in total. The fourth-order valence-electron chi connectivity index (χ4n) is 3.06. The molecule has 0 saturated carbocycles. The number of fused-ring (bicyclic) bond motifs is 2. The molecule has 3 rings (SSSR count). The number of halogens is 1. The Bertz CT molecular complexity index is 1020. The van der Waals surface area contributed by atoms with Crippen LogP contribution >= 0.6 is 11.6 Å². The Labute approximate surface area is 160 Å². The molecule has 0 fully saturated rings. The molecule has 0 atom stereocenters. The van der Waals surface area contributed by atoms with Gasteiger partial charge in [-0.25, -0.2) is 9.59 Å². The molecule has 0 saturated heterocycles. The van der Waals surface area contributed by atoms with E-state index >= 15 is 0 Å². The van der Waals surface area contributed by atoms with Crippen LogP contribution < -0.4 is 9.47 Å². The molecule has 0 aromatic heterocycles. The average Bonchev–Trinajstić information content (AvgIpc) is 2.79. The number of hydrogen-bond acceptors (Lipinski definition) is 7. The van der Waals surface area contributed by atoms with Gasteiger partial charge in [-0.05, 0) is 33.3 Å². The van der Waals surface area contributed by atoms with Gasteiger partial charge in [-0.3, -0.25) is 0 Å². The zero-order valence-corrected chi connectivity index (χ0v) is 16.1. The van der Waals surface area contributed by atoms with E-state index in [0.717, 1.165) is 0 Å². The van der Waals surface area contributed by atoms with Crippen LogP contribution in [0.2, 0.25) is 5.02 Å². The normalized spacial score (nSPS) is 12.4. The molecule has 2 aromatic rings. The largest absolute Gasteiger partial charge is 0.507 e. The van der Waals surface area contributed by atoms with Crippen molar-refractivity contribution in [3.63, 3.8) is 0 Å². The van der Waals surface area contributed by atoms with Crippen LogP contribution in [0.4, 0.5) is 0 Å². The molecule has 2 aromatic carbocycles. The van der Waals surface area contributed by atoms with E-state index in [9.17, 15) is 19.8 Å². The topological polar surface area (TPSA) is 102 Å². The summed E-state index contributed by atoms with van der Waals surface area (Å²) in [5, 5.41) is 20.7. The monoisotopic (exact) mass is 392 g/mol. The van der Waals surface area contributed by atoms with Crippen LogP contribution in [-0.4, -0.2) is 29.3 Å². The number of carbonyl (C=O) groups excluding carboxylic acids is 2. The van der Waals surface area contributed by atoms with Crippen molar-refractivity contribution >= 4 is 23.5 Å². The quantitative estimate of drug-likeness (QED) is 0.556. The molecule has 1 aliphatic heterocycles. The molecular weight excluding hydrogens is 376 g/mol. The molecule has 142 valence electrons. The molecule has 0 bridgehead atoms. The number of aromatic hydroxyl groups is 2. The van der Waals surface area contributed by atoms with Crippen LogP contribution in [0.1, 0.15) is 43.0 Å². The van der Waals surface area contributed by atoms with Gasteiger partial charge in [0.2, 0.25) is 0 Å². The molecule has 0 amide bonds. The number of ether oxygens (including phenoxy) is 3. The second-order valence-corrected chi connectivity index (χ2v) is 6.61. The lowest BCUT2D eigenvalue weighted by molar-refractivity contribution is 0.0596. The number of phenols is 2. The smallest absolute Gasteiger partial charge is 0.347 e. The van der Waals surface area contributed by atoms with Crippen molar-refractivity contribution < 1.29 is 34.0 Å². The van der Waals surface area contributed by atoms with Crippen molar-refractivity contribution in [1.29, 1.82) is 0 Å². The highest BCUT2D eigenvalue weighted by Crippen LogP contribution is 2.51. The Kier molecular flexibility index (Phi) is 4.43. The highest BCUT2D eigenvalue weighted by Gasteiger charge is 2.35. The minimum absolute atomic E-state index is 0.0179. The maximum absolute atomic E-state index is 12.7. The first kappa shape index (κ1) is 18.8. The second-order valence-electron chi connectivity index (χ2n) is 6.23. The fraction of sp³-hybridized carbons (Fsp3) is 0.263. The van der Waals surface area contributed by atoms with Gasteiger partial charge in [0, 0.05) is 16.7 Å². The Morgan fingerprint density at radius 3 is 2.04 bits per heavy atom. The highest BCUT2D eigenvalue weighted by molar-refractivity contribution is 6.33. The van der Waals surface area contributed by atoms with E-state index in [-0.39, 0.29) is 61.6 Å². The Hall–Kier alpha value is -2.93. The number of hydrogen-bond donors (Lipinski definition) is 2. The summed E-state index contributed by atoms with van der Waals surface area (Å²) in [5.74, 6) is -1.97. The zero-order chi connectivity index (χ0) is 20.2. The Morgan fingerprint density at radius 1 is 0.889 bits per heavy atom. The van der Waals surface area contributed by atoms with E-state index < -0.39 is 11.9 Å². The molecule has 27 heavy (non-hydrogen) atoms. The predicted molar refractivity (Wildman–Crippen MR) is 96.5 cm³/mol. The first-order chi connectivity index (χ1) is 12.6. The van der Waals surface area contributed by atoms with Crippen molar-refractivity contribution in [2.24, 2.45) is 0 Å². The molecule has 7 nitrogen and oxygen atoms in total. The fourth-order valence-corrected chi connectivity index (χ4v) is 3.30. The number of benzene rings is 2. The molecule has 0 unspecified atom stereocenters. The summed E-state index contributed by atoms with van der Waals surface area (Å²) in [7, 11) is 1.19. The number of rotatable bonds is 1. The van der Waals surface area contributed by atoms with Gasteiger partial charge in [0.15, 0.2) is 11.5 Å². The standard InChI is InChI=1S/C19H17ClO7/c1-6-11-15(9(4)14(22)12(6)20)26-16-7(2)10(18(23)25-5)13(21)8(3)17(16)27-19(11)24/h21-22H,1-5H3. The van der Waals surface area contributed by atoms with Crippen LogP contribution in [0.15, 0.2) is 0 Å². The summed E-state index contributed by atoms with van der Waals surface area (Å²) in [6.45, 7) is 6.11. The van der Waals surface area contributed by atoms with Crippen molar-refractivity contribution in [1.82, 2.24) is 0 Å². The molecule has 1 aliphatic rings. The SMILES string of the molecule is COC(=O)c1c(C)c2c(c(C)c1O)OC(=O)c1c(C)c(Cl)c(O)c(C)c1O2. The van der Waals surface area contributed by atoms with Gasteiger partial charge in [0.1, 0.15) is 28.4 Å². The summed E-state index contributed by atoms with van der Waals surface area (Å²) in [6.07, 6.45) is 0. The molecule has 0 aliphatic carbocycles. The van der Waals surface area contributed by atoms with Gasteiger partial charge >= 0.3 is 11.9 Å². The summed E-state index contributed by atoms with van der Waals surface area (Å²) in [4.78, 5) is 24.8. The van der Waals surface area contributed by atoms with Gasteiger partial charge < -0.3 is 24.4 Å². The van der Waals surface area contributed by atoms with Crippen molar-refractivity contribution in [2.75, 3.05) is 7.11 Å². The Balaban J connectivity index is 2.39. The summed E-state index contributed by atoms with van der Waals surface area (Å²) >= 11 is 6.11. The average molecular weight is 393 g/mol. The van der Waals surface area contributed by atoms with Crippen LogP contribution in [-0.2, 0) is 4.74 Å². The third kappa shape index (κ3) is 2.57. The van der Waals surface area contributed by atoms with E-state index in [1.807, 2.05) is 0 Å². The first-order valence-corrected chi connectivity index (χ1v) is 8.35. The number of phenolic OH excluding ortho intramolecular Hbond substituents is 2. The minimum atomic E-state index is -0.762. The third-order valence-electron chi connectivity index (χ3n) is 4.68. The van der Waals surface area contributed by atoms with Crippen LogP contribution in [0.25, 0.3) is 0 Å². The van der Waals surface area contributed by atoms with Crippen molar-refractivity contribution in [3.8, 4) is 28.7 Å². The van der Waals surface area contributed by atoms with Crippen molar-refractivity contribution in [2.45, 2.75) is 27.7 Å². The summed E-state index contributed by atoms with van der Waals surface area (Å²) in [5.41, 5.74) is 0.871. The van der Waals surface area contributed by atoms with Crippen LogP contribution in [0.3, 0.4) is 0 Å².